The molecule has 0 radical (unpaired) electrons. The van der Waals surface area contributed by atoms with Gasteiger partial charge in [-0.05, 0) is 6.42 Å². The Kier molecular flexibility index (Phi) is 3.01. The fourth-order valence-electron chi connectivity index (χ4n) is 1.34. The van der Waals surface area contributed by atoms with Crippen LogP contribution in [0.5, 0.6) is 0 Å². The Hall–Kier alpha value is -0.220. The molecular weight excluding hydrogens is 196 g/mol. The lowest BCUT2D eigenvalue weighted by Crippen LogP contribution is -2.30. The molecule has 1 saturated heterocycles. The van der Waals surface area contributed by atoms with E-state index in [1.807, 2.05) is 6.92 Å². The third-order valence-corrected chi connectivity index (χ3v) is 3.34. The van der Waals surface area contributed by atoms with Crippen LogP contribution in [0.25, 0.3) is 0 Å². The van der Waals surface area contributed by atoms with E-state index in [1.165, 1.54) is 0 Å². The molecule has 5 heteroatoms. The quantitative estimate of drug-likeness (QED) is 0.645. The normalized spacial score (nSPS) is 26.8. The molecule has 0 aromatic carbocycles. The van der Waals surface area contributed by atoms with Crippen LogP contribution >= 0.6 is 24.2 Å². The SMILES string of the molecule is CCC1SC2=NCCN2C1=O.Cl. The third kappa shape index (κ3) is 1.33. The van der Waals surface area contributed by atoms with Crippen molar-refractivity contribution in [2.75, 3.05) is 13.1 Å². The Morgan fingerprint density at radius 3 is 3.08 bits per heavy atom. The van der Waals surface area contributed by atoms with Gasteiger partial charge in [0.25, 0.3) is 0 Å². The molecular formula is C7H11ClN2OS. The molecule has 0 bridgehead atoms. The second-order valence-corrected chi connectivity index (χ2v) is 3.84. The third-order valence-electron chi connectivity index (χ3n) is 1.96. The first-order chi connectivity index (χ1) is 5.33. The van der Waals surface area contributed by atoms with Crippen LogP contribution in [0.15, 0.2) is 4.99 Å². The van der Waals surface area contributed by atoms with Gasteiger partial charge in [-0.15, -0.1) is 12.4 Å². The highest BCUT2D eigenvalue weighted by molar-refractivity contribution is 8.15. The van der Waals surface area contributed by atoms with Gasteiger partial charge in [0.15, 0.2) is 5.17 Å². The smallest absolute Gasteiger partial charge is 0.242 e. The number of nitrogens with zero attached hydrogens (tertiary/aromatic N) is 2. The molecule has 0 aliphatic carbocycles. The number of rotatable bonds is 1. The number of aliphatic imine (C=N–C) groups is 1. The van der Waals surface area contributed by atoms with Crippen LogP contribution in [-0.2, 0) is 4.79 Å². The van der Waals surface area contributed by atoms with E-state index in [1.54, 1.807) is 16.7 Å². The van der Waals surface area contributed by atoms with Gasteiger partial charge in [-0.25, -0.2) is 0 Å². The summed E-state index contributed by atoms with van der Waals surface area (Å²) < 4.78 is 0. The van der Waals surface area contributed by atoms with E-state index in [2.05, 4.69) is 4.99 Å². The zero-order valence-electron chi connectivity index (χ0n) is 6.82. The van der Waals surface area contributed by atoms with Crippen molar-refractivity contribution in [2.24, 2.45) is 4.99 Å². The molecule has 2 aliphatic rings. The molecule has 0 aromatic heterocycles. The van der Waals surface area contributed by atoms with Crippen molar-refractivity contribution in [1.82, 2.24) is 4.90 Å². The number of hydrogen-bond donors (Lipinski definition) is 0. The standard InChI is InChI=1S/C7H10N2OS.ClH/c1-2-5-6(10)9-4-3-8-7(9)11-5;/h5H,2-4H2,1H3;1H. The summed E-state index contributed by atoms with van der Waals surface area (Å²) in [7, 11) is 0. The molecule has 0 N–H and O–H groups in total. The van der Waals surface area contributed by atoms with Gasteiger partial charge in [-0.3, -0.25) is 14.7 Å². The summed E-state index contributed by atoms with van der Waals surface area (Å²) in [6.45, 7) is 3.64. The molecule has 68 valence electrons. The number of carbonyl (C=O) groups excluding carboxylic acids is 1. The van der Waals surface area contributed by atoms with Gasteiger partial charge in [0, 0.05) is 6.54 Å². The molecule has 1 fully saturated rings. The van der Waals surface area contributed by atoms with Crippen molar-refractivity contribution in [1.29, 1.82) is 0 Å². The number of amidine groups is 1. The summed E-state index contributed by atoms with van der Waals surface area (Å²) in [5.74, 6) is 0.258. The van der Waals surface area contributed by atoms with E-state index in [0.717, 1.165) is 24.7 Å². The zero-order valence-corrected chi connectivity index (χ0v) is 8.45. The van der Waals surface area contributed by atoms with E-state index >= 15 is 0 Å². The van der Waals surface area contributed by atoms with Crippen LogP contribution in [0.3, 0.4) is 0 Å². The molecule has 2 aliphatic heterocycles. The summed E-state index contributed by atoms with van der Waals surface area (Å²) in [4.78, 5) is 17.5. The van der Waals surface area contributed by atoms with Crippen LogP contribution in [-0.4, -0.2) is 34.3 Å². The molecule has 0 aromatic rings. The highest BCUT2D eigenvalue weighted by Gasteiger charge is 2.38. The molecule has 2 rings (SSSR count). The van der Waals surface area contributed by atoms with Crippen LogP contribution in [0.2, 0.25) is 0 Å². The van der Waals surface area contributed by atoms with Crippen molar-refractivity contribution in [3.8, 4) is 0 Å². The number of carbonyl (C=O) groups is 1. The maximum absolute atomic E-state index is 11.4. The average Bonchev–Trinajstić information content (AvgIpc) is 2.53. The number of thioether (sulfide) groups is 1. The van der Waals surface area contributed by atoms with Crippen molar-refractivity contribution in [3.05, 3.63) is 0 Å². The summed E-state index contributed by atoms with van der Waals surface area (Å²) >= 11 is 1.62. The van der Waals surface area contributed by atoms with Gasteiger partial charge < -0.3 is 0 Å². The first-order valence-corrected chi connectivity index (χ1v) is 4.73. The van der Waals surface area contributed by atoms with E-state index in [0.29, 0.717) is 0 Å². The van der Waals surface area contributed by atoms with E-state index in [-0.39, 0.29) is 23.6 Å². The summed E-state index contributed by atoms with van der Waals surface area (Å²) in [6.07, 6.45) is 0.916. The molecule has 1 amide bonds. The van der Waals surface area contributed by atoms with Crippen LogP contribution in [0.1, 0.15) is 13.3 Å². The first-order valence-electron chi connectivity index (χ1n) is 3.85. The van der Waals surface area contributed by atoms with Crippen LogP contribution in [0, 0.1) is 0 Å². The van der Waals surface area contributed by atoms with Crippen molar-refractivity contribution >= 4 is 35.2 Å². The maximum Gasteiger partial charge on any atom is 0.242 e. The highest BCUT2D eigenvalue weighted by Crippen LogP contribution is 2.30. The summed E-state index contributed by atoms with van der Waals surface area (Å²) in [6, 6.07) is 0. The van der Waals surface area contributed by atoms with Gasteiger partial charge in [0.1, 0.15) is 0 Å². The highest BCUT2D eigenvalue weighted by atomic mass is 35.5. The van der Waals surface area contributed by atoms with Gasteiger partial charge >= 0.3 is 0 Å². The lowest BCUT2D eigenvalue weighted by Gasteiger charge is -2.07. The fourth-order valence-corrected chi connectivity index (χ4v) is 2.46. The number of hydrogen-bond acceptors (Lipinski definition) is 3. The van der Waals surface area contributed by atoms with E-state index < -0.39 is 0 Å². The second-order valence-electron chi connectivity index (χ2n) is 2.67. The van der Waals surface area contributed by atoms with E-state index in [9.17, 15) is 4.79 Å². The van der Waals surface area contributed by atoms with E-state index in [4.69, 9.17) is 0 Å². The van der Waals surface area contributed by atoms with Gasteiger partial charge in [-0.2, -0.15) is 0 Å². The van der Waals surface area contributed by atoms with Gasteiger partial charge in [-0.1, -0.05) is 18.7 Å². The van der Waals surface area contributed by atoms with Crippen molar-refractivity contribution < 1.29 is 4.79 Å². The van der Waals surface area contributed by atoms with Gasteiger partial charge in [0.05, 0.1) is 11.8 Å². The monoisotopic (exact) mass is 206 g/mol. The second kappa shape index (κ2) is 3.66. The Morgan fingerprint density at radius 2 is 2.50 bits per heavy atom. The summed E-state index contributed by atoms with van der Waals surface area (Å²) in [5, 5.41) is 1.09. The lowest BCUT2D eigenvalue weighted by molar-refractivity contribution is -0.125. The average molecular weight is 207 g/mol. The minimum atomic E-state index is 0. The van der Waals surface area contributed by atoms with Crippen LogP contribution < -0.4 is 0 Å². The minimum absolute atomic E-state index is 0. The Morgan fingerprint density at radius 1 is 1.75 bits per heavy atom. The number of fused-ring (bicyclic) bond motifs is 1. The molecule has 2 heterocycles. The fraction of sp³-hybridized carbons (Fsp3) is 0.714. The topological polar surface area (TPSA) is 32.7 Å². The molecule has 0 saturated carbocycles. The Labute approximate surface area is 82.0 Å². The van der Waals surface area contributed by atoms with Crippen molar-refractivity contribution in [3.63, 3.8) is 0 Å². The largest absolute Gasteiger partial charge is 0.289 e. The Bertz CT molecular complexity index is 231. The summed E-state index contributed by atoms with van der Waals surface area (Å²) in [5.41, 5.74) is 0. The number of halogens is 1. The van der Waals surface area contributed by atoms with Gasteiger partial charge in [0.2, 0.25) is 5.91 Å². The van der Waals surface area contributed by atoms with Crippen LogP contribution in [0.4, 0.5) is 0 Å². The minimum Gasteiger partial charge on any atom is -0.289 e. The molecule has 12 heavy (non-hydrogen) atoms. The molecule has 1 unspecified atom stereocenters. The molecule has 0 spiro atoms. The number of amides is 1. The Balaban J connectivity index is 0.000000720. The predicted octanol–water partition coefficient (Wildman–Crippen LogP) is 1.13. The first kappa shape index (κ1) is 9.86. The van der Waals surface area contributed by atoms with Crippen molar-refractivity contribution in [2.45, 2.75) is 18.6 Å². The predicted molar refractivity (Wildman–Crippen MR) is 52.9 cm³/mol. The maximum atomic E-state index is 11.4. The molecule has 3 nitrogen and oxygen atoms in total. The molecule has 1 atom stereocenters. The zero-order chi connectivity index (χ0) is 7.84. The lowest BCUT2D eigenvalue weighted by atomic mass is 10.3.